The Kier molecular flexibility index (Phi) is 2.99. The van der Waals surface area contributed by atoms with Gasteiger partial charge in [-0.1, -0.05) is 0 Å². The quantitative estimate of drug-likeness (QED) is 0.753. The molecule has 1 saturated carbocycles. The highest BCUT2D eigenvalue weighted by molar-refractivity contribution is 7.12. The molecule has 1 aliphatic rings. The van der Waals surface area contributed by atoms with Gasteiger partial charge in [-0.15, -0.1) is 11.3 Å². The summed E-state index contributed by atoms with van der Waals surface area (Å²) in [5.74, 6) is 1.07. The summed E-state index contributed by atoms with van der Waals surface area (Å²) >= 11 is 1.54. The molecular formula is C11H15NOS. The molecule has 1 fully saturated rings. The maximum atomic E-state index is 11.7. The molecule has 1 aliphatic carbocycles. The Hall–Kier alpha value is -0.670. The lowest BCUT2D eigenvalue weighted by molar-refractivity contribution is 0.0994. The van der Waals surface area contributed by atoms with Gasteiger partial charge in [-0.3, -0.25) is 4.79 Å². The van der Waals surface area contributed by atoms with E-state index in [1.807, 2.05) is 18.4 Å². The van der Waals surface area contributed by atoms with Gasteiger partial charge in [-0.05, 0) is 49.2 Å². The molecule has 0 unspecified atom stereocenters. The zero-order valence-corrected chi connectivity index (χ0v) is 9.19. The molecule has 0 aromatic carbocycles. The van der Waals surface area contributed by atoms with Gasteiger partial charge in [0.1, 0.15) is 0 Å². The fourth-order valence-corrected chi connectivity index (χ4v) is 2.32. The average Bonchev–Trinajstić information content (AvgIpc) is 2.87. The minimum atomic E-state index is 0.234. The van der Waals surface area contributed by atoms with Crippen LogP contribution in [0.5, 0.6) is 0 Å². The van der Waals surface area contributed by atoms with Crippen molar-refractivity contribution in [2.45, 2.75) is 19.8 Å². The van der Waals surface area contributed by atoms with Crippen molar-refractivity contribution in [1.29, 1.82) is 0 Å². The van der Waals surface area contributed by atoms with Gasteiger partial charge in [0.25, 0.3) is 0 Å². The van der Waals surface area contributed by atoms with E-state index in [0.717, 1.165) is 22.9 Å². The van der Waals surface area contributed by atoms with Gasteiger partial charge >= 0.3 is 0 Å². The lowest BCUT2D eigenvalue weighted by Crippen LogP contribution is -2.24. The van der Waals surface area contributed by atoms with Crippen LogP contribution in [0.25, 0.3) is 0 Å². The first kappa shape index (κ1) is 9.87. The summed E-state index contributed by atoms with van der Waals surface area (Å²) in [6.45, 7) is 3.50. The molecule has 0 bridgehead atoms. The molecule has 0 saturated heterocycles. The maximum absolute atomic E-state index is 11.7. The number of Topliss-reactive ketones (excluding diaryl/α,β-unsaturated/α-hetero) is 1. The van der Waals surface area contributed by atoms with Gasteiger partial charge in [0, 0.05) is 0 Å². The normalized spacial score (nSPS) is 15.8. The summed E-state index contributed by atoms with van der Waals surface area (Å²) in [6, 6.07) is 2.00. The number of ketones is 1. The molecule has 2 nitrogen and oxygen atoms in total. The van der Waals surface area contributed by atoms with Crippen LogP contribution in [0.2, 0.25) is 0 Å². The van der Waals surface area contributed by atoms with Gasteiger partial charge < -0.3 is 5.32 Å². The van der Waals surface area contributed by atoms with Crippen LogP contribution in [0, 0.1) is 12.8 Å². The van der Waals surface area contributed by atoms with Gasteiger partial charge in [0.15, 0.2) is 5.78 Å². The fourth-order valence-electron chi connectivity index (χ4n) is 1.45. The largest absolute Gasteiger partial charge is 0.309 e. The molecule has 76 valence electrons. The van der Waals surface area contributed by atoms with Crippen molar-refractivity contribution in [3.05, 3.63) is 21.9 Å². The molecule has 0 amide bonds. The molecule has 14 heavy (non-hydrogen) atoms. The molecular weight excluding hydrogens is 194 g/mol. The number of carbonyl (C=O) groups is 1. The zero-order valence-electron chi connectivity index (χ0n) is 8.38. The third-order valence-electron chi connectivity index (χ3n) is 2.53. The predicted molar refractivity (Wildman–Crippen MR) is 59.0 cm³/mol. The molecule has 1 heterocycles. The fraction of sp³-hybridized carbons (Fsp3) is 0.545. The van der Waals surface area contributed by atoms with Gasteiger partial charge in [-0.25, -0.2) is 0 Å². The Morgan fingerprint density at radius 3 is 3.00 bits per heavy atom. The zero-order chi connectivity index (χ0) is 9.97. The first-order chi connectivity index (χ1) is 6.77. The van der Waals surface area contributed by atoms with Crippen molar-refractivity contribution in [3.8, 4) is 0 Å². The third kappa shape index (κ3) is 2.42. The standard InChI is InChI=1S/C11H15NOS/c1-8-4-5-14-11(8)10(13)7-12-6-9-2-3-9/h4-5,9,12H,2-3,6-7H2,1H3. The number of thiophene rings is 1. The van der Waals surface area contributed by atoms with Crippen LogP contribution < -0.4 is 5.32 Å². The monoisotopic (exact) mass is 209 g/mol. The second kappa shape index (κ2) is 4.24. The van der Waals surface area contributed by atoms with Crippen molar-refractivity contribution in [2.24, 2.45) is 5.92 Å². The number of nitrogens with one attached hydrogen (secondary N) is 1. The van der Waals surface area contributed by atoms with Crippen LogP contribution in [0.3, 0.4) is 0 Å². The Morgan fingerprint density at radius 2 is 2.43 bits per heavy atom. The van der Waals surface area contributed by atoms with E-state index in [1.165, 1.54) is 12.8 Å². The summed E-state index contributed by atoms with van der Waals surface area (Å²) in [6.07, 6.45) is 2.67. The van der Waals surface area contributed by atoms with Crippen molar-refractivity contribution in [1.82, 2.24) is 5.32 Å². The van der Waals surface area contributed by atoms with Crippen molar-refractivity contribution in [2.75, 3.05) is 13.1 Å². The highest BCUT2D eigenvalue weighted by Gasteiger charge is 2.21. The average molecular weight is 209 g/mol. The second-order valence-electron chi connectivity index (χ2n) is 3.93. The summed E-state index contributed by atoms with van der Waals surface area (Å²) in [7, 11) is 0. The predicted octanol–water partition coefficient (Wildman–Crippen LogP) is 2.24. The Bertz CT molecular complexity index is 328. The van der Waals surface area contributed by atoms with E-state index in [0.29, 0.717) is 6.54 Å². The topological polar surface area (TPSA) is 29.1 Å². The minimum absolute atomic E-state index is 0.234. The molecule has 1 aromatic heterocycles. The number of rotatable bonds is 5. The molecule has 2 rings (SSSR count). The van der Waals surface area contributed by atoms with Gasteiger partial charge in [-0.2, -0.15) is 0 Å². The van der Waals surface area contributed by atoms with Crippen LogP contribution in [0.15, 0.2) is 11.4 Å². The van der Waals surface area contributed by atoms with Crippen LogP contribution in [0.1, 0.15) is 28.1 Å². The summed E-state index contributed by atoms with van der Waals surface area (Å²) < 4.78 is 0. The Morgan fingerprint density at radius 1 is 1.64 bits per heavy atom. The highest BCUT2D eigenvalue weighted by atomic mass is 32.1. The molecule has 0 spiro atoms. The molecule has 3 heteroatoms. The van der Waals surface area contributed by atoms with Crippen LogP contribution in [-0.2, 0) is 0 Å². The van der Waals surface area contributed by atoms with Crippen LogP contribution >= 0.6 is 11.3 Å². The van der Waals surface area contributed by atoms with Crippen molar-refractivity contribution < 1.29 is 4.79 Å². The van der Waals surface area contributed by atoms with Crippen LogP contribution in [0.4, 0.5) is 0 Å². The van der Waals surface area contributed by atoms with E-state index in [-0.39, 0.29) is 5.78 Å². The molecule has 0 radical (unpaired) electrons. The van der Waals surface area contributed by atoms with Crippen molar-refractivity contribution in [3.63, 3.8) is 0 Å². The molecule has 0 atom stereocenters. The Labute approximate surface area is 88.3 Å². The van der Waals surface area contributed by atoms with Gasteiger partial charge in [0.05, 0.1) is 11.4 Å². The second-order valence-corrected chi connectivity index (χ2v) is 4.85. The maximum Gasteiger partial charge on any atom is 0.186 e. The van der Waals surface area contributed by atoms with Crippen molar-refractivity contribution >= 4 is 17.1 Å². The number of aryl methyl sites for hydroxylation is 1. The van der Waals surface area contributed by atoms with Crippen LogP contribution in [-0.4, -0.2) is 18.9 Å². The summed E-state index contributed by atoms with van der Waals surface area (Å²) in [5.41, 5.74) is 1.10. The first-order valence-electron chi connectivity index (χ1n) is 5.05. The highest BCUT2D eigenvalue weighted by Crippen LogP contribution is 2.27. The summed E-state index contributed by atoms with van der Waals surface area (Å²) in [4.78, 5) is 12.6. The minimum Gasteiger partial charge on any atom is -0.309 e. The first-order valence-corrected chi connectivity index (χ1v) is 5.93. The number of hydrogen-bond acceptors (Lipinski definition) is 3. The van der Waals surface area contributed by atoms with E-state index < -0.39 is 0 Å². The Balaban J connectivity index is 1.79. The lowest BCUT2D eigenvalue weighted by atomic mass is 10.2. The van der Waals surface area contributed by atoms with E-state index in [4.69, 9.17) is 0 Å². The third-order valence-corrected chi connectivity index (χ3v) is 3.59. The molecule has 0 aliphatic heterocycles. The smallest absolute Gasteiger partial charge is 0.186 e. The van der Waals surface area contributed by atoms with E-state index in [1.54, 1.807) is 11.3 Å². The molecule has 1 N–H and O–H groups in total. The van der Waals surface area contributed by atoms with E-state index >= 15 is 0 Å². The lowest BCUT2D eigenvalue weighted by Gasteiger charge is -2.01. The summed E-state index contributed by atoms with van der Waals surface area (Å²) in [5, 5.41) is 5.20. The molecule has 1 aromatic rings. The van der Waals surface area contributed by atoms with E-state index in [2.05, 4.69) is 5.32 Å². The van der Waals surface area contributed by atoms with Gasteiger partial charge in [0.2, 0.25) is 0 Å². The van der Waals surface area contributed by atoms with E-state index in [9.17, 15) is 4.79 Å². The SMILES string of the molecule is Cc1ccsc1C(=O)CNCC1CC1. The number of carbonyl (C=O) groups excluding carboxylic acids is 1. The number of hydrogen-bond donors (Lipinski definition) is 1.